The highest BCUT2D eigenvalue weighted by atomic mass is 35.5. The van der Waals surface area contributed by atoms with Crippen molar-refractivity contribution >= 4 is 44.8 Å². The largest absolute Gasteiger partial charge is 0.385 e. The quantitative estimate of drug-likeness (QED) is 0.225. The van der Waals surface area contributed by atoms with E-state index in [9.17, 15) is 18.0 Å². The van der Waals surface area contributed by atoms with Gasteiger partial charge in [0.25, 0.3) is 0 Å². The van der Waals surface area contributed by atoms with Crippen molar-refractivity contribution in [3.8, 4) is 0 Å². The summed E-state index contributed by atoms with van der Waals surface area (Å²) in [6, 6.07) is 4.57. The SMILES string of the molecule is C/C(N)=N/OC(=O)c1cnc(NC[C@@H](C(=O)C2CCCC2)c2ccc(S(C)(=O)=O)c(Cl)c2)cn1. The van der Waals surface area contributed by atoms with Crippen molar-refractivity contribution in [1.29, 1.82) is 0 Å². The molecule has 1 aromatic heterocycles. The monoisotopic (exact) mass is 507 g/mol. The van der Waals surface area contributed by atoms with Crippen LogP contribution in [0, 0.1) is 5.92 Å². The molecule has 182 valence electrons. The summed E-state index contributed by atoms with van der Waals surface area (Å²) in [4.78, 5) is 38.0. The minimum atomic E-state index is -3.49. The first kappa shape index (κ1) is 25.6. The van der Waals surface area contributed by atoms with Crippen LogP contribution in [-0.2, 0) is 19.5 Å². The Morgan fingerprint density at radius 1 is 1.26 bits per heavy atom. The summed E-state index contributed by atoms with van der Waals surface area (Å²) in [6.45, 7) is 1.66. The van der Waals surface area contributed by atoms with Crippen LogP contribution in [0.1, 0.15) is 54.6 Å². The summed E-state index contributed by atoms with van der Waals surface area (Å²) in [7, 11) is -3.49. The average Bonchev–Trinajstić information content (AvgIpc) is 3.32. The lowest BCUT2D eigenvalue weighted by atomic mass is 9.86. The predicted octanol–water partition coefficient (Wildman–Crippen LogP) is 2.94. The number of nitrogens with zero attached hydrogens (tertiary/aromatic N) is 3. The first-order valence-corrected chi connectivity index (χ1v) is 12.9. The highest BCUT2D eigenvalue weighted by Gasteiger charge is 2.31. The molecule has 2 aromatic rings. The molecule has 0 saturated heterocycles. The number of hydrogen-bond acceptors (Lipinski definition) is 9. The number of benzene rings is 1. The number of ketones is 1. The van der Waals surface area contributed by atoms with Gasteiger partial charge in [-0.15, -0.1) is 0 Å². The van der Waals surface area contributed by atoms with Gasteiger partial charge in [-0.3, -0.25) is 4.79 Å². The van der Waals surface area contributed by atoms with E-state index in [2.05, 4.69) is 25.3 Å². The molecule has 10 nitrogen and oxygen atoms in total. The number of amidine groups is 1. The van der Waals surface area contributed by atoms with Gasteiger partial charge < -0.3 is 15.9 Å². The molecular weight excluding hydrogens is 482 g/mol. The number of carbonyl (C=O) groups excluding carboxylic acids is 2. The number of rotatable bonds is 9. The number of Topliss-reactive ketones (excluding diaryl/α,β-unsaturated/α-hetero) is 1. The summed E-state index contributed by atoms with van der Waals surface area (Å²) in [6.07, 6.45) is 7.29. The van der Waals surface area contributed by atoms with E-state index in [0.29, 0.717) is 11.4 Å². The third-order valence-electron chi connectivity index (χ3n) is 5.48. The fraction of sp³-hybridized carbons (Fsp3) is 0.409. The molecule has 1 heterocycles. The van der Waals surface area contributed by atoms with E-state index < -0.39 is 21.7 Å². The van der Waals surface area contributed by atoms with Crippen LogP contribution in [0.4, 0.5) is 5.82 Å². The van der Waals surface area contributed by atoms with Gasteiger partial charge in [-0.2, -0.15) is 0 Å². The van der Waals surface area contributed by atoms with E-state index in [1.807, 2.05) is 0 Å². The minimum Gasteiger partial charge on any atom is -0.385 e. The second kappa shape index (κ2) is 10.9. The molecule has 0 unspecified atom stereocenters. The van der Waals surface area contributed by atoms with Crippen LogP contribution in [0.25, 0.3) is 0 Å². The van der Waals surface area contributed by atoms with Crippen LogP contribution in [0.15, 0.2) is 40.6 Å². The van der Waals surface area contributed by atoms with Gasteiger partial charge in [0, 0.05) is 18.7 Å². The molecule has 3 rings (SSSR count). The molecule has 1 saturated carbocycles. The van der Waals surface area contributed by atoms with Gasteiger partial charge in [0.05, 0.1) is 28.2 Å². The topological polar surface area (TPSA) is 154 Å². The normalized spacial score (nSPS) is 15.7. The number of aromatic nitrogens is 2. The van der Waals surface area contributed by atoms with Crippen LogP contribution in [-0.4, -0.2) is 48.8 Å². The summed E-state index contributed by atoms with van der Waals surface area (Å²) >= 11 is 6.24. The minimum absolute atomic E-state index is 0.0143. The van der Waals surface area contributed by atoms with E-state index in [0.717, 1.165) is 31.9 Å². The number of carbonyl (C=O) groups is 2. The third-order valence-corrected chi connectivity index (χ3v) is 7.06. The lowest BCUT2D eigenvalue weighted by molar-refractivity contribution is -0.123. The third kappa shape index (κ3) is 6.51. The molecule has 0 aliphatic heterocycles. The number of sulfone groups is 1. The Balaban J connectivity index is 1.79. The maximum Gasteiger partial charge on any atom is 0.385 e. The van der Waals surface area contributed by atoms with Gasteiger partial charge in [-0.1, -0.05) is 35.7 Å². The number of anilines is 1. The lowest BCUT2D eigenvalue weighted by Crippen LogP contribution is -2.27. The van der Waals surface area contributed by atoms with Crippen LogP contribution < -0.4 is 11.1 Å². The van der Waals surface area contributed by atoms with E-state index in [1.54, 1.807) is 6.07 Å². The van der Waals surface area contributed by atoms with Crippen LogP contribution in [0.2, 0.25) is 5.02 Å². The van der Waals surface area contributed by atoms with Gasteiger partial charge in [0.2, 0.25) is 0 Å². The number of oxime groups is 1. The Labute approximate surface area is 202 Å². The highest BCUT2D eigenvalue weighted by Crippen LogP contribution is 2.33. The van der Waals surface area contributed by atoms with Gasteiger partial charge in [0.15, 0.2) is 15.5 Å². The van der Waals surface area contributed by atoms with Crippen molar-refractivity contribution < 1.29 is 22.8 Å². The van der Waals surface area contributed by atoms with Crippen LogP contribution in [0.5, 0.6) is 0 Å². The Morgan fingerprint density at radius 2 is 1.97 bits per heavy atom. The summed E-state index contributed by atoms with van der Waals surface area (Å²) in [5.41, 5.74) is 5.89. The van der Waals surface area contributed by atoms with Crippen LogP contribution >= 0.6 is 11.6 Å². The van der Waals surface area contributed by atoms with E-state index in [1.165, 1.54) is 31.5 Å². The Bertz CT molecular complexity index is 1190. The molecule has 1 atom stereocenters. The van der Waals surface area contributed by atoms with Crippen molar-refractivity contribution in [3.63, 3.8) is 0 Å². The highest BCUT2D eigenvalue weighted by molar-refractivity contribution is 7.90. The van der Waals surface area contributed by atoms with Crippen molar-refractivity contribution in [2.75, 3.05) is 18.1 Å². The van der Waals surface area contributed by atoms with Crippen molar-refractivity contribution in [2.24, 2.45) is 16.8 Å². The van der Waals surface area contributed by atoms with E-state index in [-0.39, 0.29) is 39.7 Å². The molecular formula is C22H26ClN5O5S. The number of hydrogen-bond donors (Lipinski definition) is 2. The number of nitrogens with two attached hydrogens (primary N) is 1. The maximum absolute atomic E-state index is 13.3. The zero-order valence-electron chi connectivity index (χ0n) is 18.8. The van der Waals surface area contributed by atoms with Gasteiger partial charge >= 0.3 is 5.97 Å². The molecule has 1 aliphatic rings. The Kier molecular flexibility index (Phi) is 8.21. The first-order chi connectivity index (χ1) is 16.1. The lowest BCUT2D eigenvalue weighted by Gasteiger charge is -2.21. The molecule has 12 heteroatoms. The molecule has 0 amide bonds. The summed E-state index contributed by atoms with van der Waals surface area (Å²) < 4.78 is 23.8. The molecule has 0 radical (unpaired) electrons. The molecule has 0 bridgehead atoms. The molecule has 3 N–H and O–H groups in total. The standard InChI is InChI=1S/C22H26ClN5O5S/c1-13(24)28-33-22(30)18-11-27-20(12-25-18)26-10-16(21(29)14-5-3-4-6-14)15-7-8-19(17(23)9-15)34(2,31)32/h7-9,11-12,14,16H,3-6,10H2,1-2H3,(H2,24,28)(H,26,27)/t16-/m1/s1. The van der Waals surface area contributed by atoms with Gasteiger partial charge in [0.1, 0.15) is 17.4 Å². The average molecular weight is 508 g/mol. The van der Waals surface area contributed by atoms with E-state index in [4.69, 9.17) is 17.3 Å². The summed E-state index contributed by atoms with van der Waals surface area (Å²) in [5, 5.41) is 6.52. The Hall–Kier alpha value is -3.05. The maximum atomic E-state index is 13.3. The van der Waals surface area contributed by atoms with Crippen LogP contribution in [0.3, 0.4) is 0 Å². The molecule has 0 spiro atoms. The van der Waals surface area contributed by atoms with Gasteiger partial charge in [-0.25, -0.2) is 23.2 Å². The fourth-order valence-electron chi connectivity index (χ4n) is 3.80. The van der Waals surface area contributed by atoms with Crippen molar-refractivity contribution in [2.45, 2.75) is 43.4 Å². The molecule has 1 aromatic carbocycles. The zero-order valence-corrected chi connectivity index (χ0v) is 20.4. The second-order valence-electron chi connectivity index (χ2n) is 8.18. The Morgan fingerprint density at radius 3 is 2.53 bits per heavy atom. The number of nitrogens with one attached hydrogen (secondary N) is 1. The fourth-order valence-corrected chi connectivity index (χ4v) is 5.14. The second-order valence-corrected chi connectivity index (χ2v) is 10.6. The molecule has 1 aliphatic carbocycles. The van der Waals surface area contributed by atoms with Gasteiger partial charge in [-0.05, 0) is 37.5 Å². The zero-order chi connectivity index (χ0) is 24.9. The van der Waals surface area contributed by atoms with Crippen molar-refractivity contribution in [3.05, 3.63) is 46.9 Å². The number of halogens is 1. The van der Waals surface area contributed by atoms with Crippen molar-refractivity contribution in [1.82, 2.24) is 9.97 Å². The molecule has 1 fully saturated rings. The first-order valence-electron chi connectivity index (χ1n) is 10.7. The van der Waals surface area contributed by atoms with E-state index >= 15 is 0 Å². The predicted molar refractivity (Wildman–Crippen MR) is 128 cm³/mol. The summed E-state index contributed by atoms with van der Waals surface area (Å²) in [5.74, 6) is -0.937. The molecule has 34 heavy (non-hydrogen) atoms. The smallest absolute Gasteiger partial charge is 0.385 e.